The summed E-state index contributed by atoms with van der Waals surface area (Å²) in [5.74, 6) is -0.288. The van der Waals surface area contributed by atoms with Crippen molar-refractivity contribution in [2.45, 2.75) is 11.8 Å². The minimum atomic E-state index is -0.756. The molecule has 0 aromatic heterocycles. The van der Waals surface area contributed by atoms with E-state index in [4.69, 9.17) is 21.1 Å². The topological polar surface area (TPSA) is 35.5 Å². The van der Waals surface area contributed by atoms with Crippen molar-refractivity contribution < 1.29 is 14.3 Å². The predicted molar refractivity (Wildman–Crippen MR) is 64.9 cm³/mol. The van der Waals surface area contributed by atoms with E-state index in [0.29, 0.717) is 11.4 Å². The molecule has 3 nitrogen and oxygen atoms in total. The van der Waals surface area contributed by atoms with E-state index in [1.54, 1.807) is 18.4 Å². The predicted octanol–water partition coefficient (Wildman–Crippen LogP) is 2.68. The molecule has 17 heavy (non-hydrogen) atoms. The number of hydrogen-bond acceptors (Lipinski definition) is 3. The van der Waals surface area contributed by atoms with E-state index in [1.165, 1.54) is 7.11 Å². The van der Waals surface area contributed by atoms with E-state index >= 15 is 0 Å². The van der Waals surface area contributed by atoms with Crippen LogP contribution in [0.15, 0.2) is 36.6 Å². The van der Waals surface area contributed by atoms with Crippen LogP contribution in [0, 0.1) is 0 Å². The number of allylic oxidation sites excluding steroid dienone is 1. The van der Waals surface area contributed by atoms with E-state index in [9.17, 15) is 4.79 Å². The zero-order valence-corrected chi connectivity index (χ0v) is 10.2. The normalized spacial score (nSPS) is 22.9. The summed E-state index contributed by atoms with van der Waals surface area (Å²) in [7, 11) is 1.39. The molecule has 1 unspecified atom stereocenters. The molecule has 1 aliphatic heterocycles. The first kappa shape index (κ1) is 12.0. The first-order valence-electron chi connectivity index (χ1n) is 5.30. The lowest BCUT2D eigenvalue weighted by Gasteiger charge is -2.32. The quantitative estimate of drug-likeness (QED) is 0.759. The highest BCUT2D eigenvalue weighted by Crippen LogP contribution is 2.33. The SMILES string of the molecule is COC(=O)C1(c2ccc(Cl)cc2)CC=COC1. The maximum absolute atomic E-state index is 12.0. The third-order valence-electron chi connectivity index (χ3n) is 2.96. The molecule has 1 aromatic carbocycles. The Morgan fingerprint density at radius 3 is 2.65 bits per heavy atom. The van der Waals surface area contributed by atoms with Gasteiger partial charge in [-0.15, -0.1) is 0 Å². The van der Waals surface area contributed by atoms with Gasteiger partial charge < -0.3 is 9.47 Å². The van der Waals surface area contributed by atoms with Crippen LogP contribution in [0.4, 0.5) is 0 Å². The monoisotopic (exact) mass is 252 g/mol. The Kier molecular flexibility index (Phi) is 3.38. The molecule has 0 N–H and O–H groups in total. The number of rotatable bonds is 2. The van der Waals surface area contributed by atoms with Crippen LogP contribution in [-0.4, -0.2) is 19.7 Å². The Hall–Kier alpha value is -1.48. The van der Waals surface area contributed by atoms with Gasteiger partial charge in [-0.3, -0.25) is 4.79 Å². The highest BCUT2D eigenvalue weighted by Gasteiger charge is 2.42. The molecule has 90 valence electrons. The number of benzene rings is 1. The van der Waals surface area contributed by atoms with Gasteiger partial charge >= 0.3 is 5.97 Å². The van der Waals surface area contributed by atoms with Crippen LogP contribution in [-0.2, 0) is 19.7 Å². The summed E-state index contributed by atoms with van der Waals surface area (Å²) in [6, 6.07) is 7.20. The second kappa shape index (κ2) is 4.80. The molecule has 1 heterocycles. The van der Waals surface area contributed by atoms with Gasteiger partial charge in [-0.1, -0.05) is 23.7 Å². The van der Waals surface area contributed by atoms with Crippen molar-refractivity contribution in [2.75, 3.05) is 13.7 Å². The number of carbonyl (C=O) groups excluding carboxylic acids is 1. The Bertz CT molecular complexity index is 438. The molecule has 0 saturated heterocycles. The molecular weight excluding hydrogens is 240 g/mol. The summed E-state index contributed by atoms with van der Waals surface area (Å²) in [4.78, 5) is 12.0. The minimum Gasteiger partial charge on any atom is -0.500 e. The molecule has 0 saturated carbocycles. The van der Waals surface area contributed by atoms with Gasteiger partial charge in [0.15, 0.2) is 0 Å². The zero-order valence-electron chi connectivity index (χ0n) is 9.48. The van der Waals surface area contributed by atoms with Crippen molar-refractivity contribution in [3.05, 3.63) is 47.2 Å². The van der Waals surface area contributed by atoms with Gasteiger partial charge in [-0.05, 0) is 30.2 Å². The third-order valence-corrected chi connectivity index (χ3v) is 3.21. The van der Waals surface area contributed by atoms with Crippen molar-refractivity contribution >= 4 is 17.6 Å². The van der Waals surface area contributed by atoms with Gasteiger partial charge in [0, 0.05) is 5.02 Å². The van der Waals surface area contributed by atoms with Crippen LogP contribution in [0.2, 0.25) is 5.02 Å². The number of methoxy groups -OCH3 is 1. The van der Waals surface area contributed by atoms with Gasteiger partial charge in [-0.2, -0.15) is 0 Å². The van der Waals surface area contributed by atoms with Crippen LogP contribution in [0.1, 0.15) is 12.0 Å². The molecule has 0 amide bonds. The highest BCUT2D eigenvalue weighted by atomic mass is 35.5. The number of hydrogen-bond donors (Lipinski definition) is 0. The summed E-state index contributed by atoms with van der Waals surface area (Å²) in [6.45, 7) is 0.289. The van der Waals surface area contributed by atoms with E-state index in [1.807, 2.05) is 18.2 Å². The smallest absolute Gasteiger partial charge is 0.320 e. The summed E-state index contributed by atoms with van der Waals surface area (Å²) in [5, 5.41) is 0.640. The van der Waals surface area contributed by atoms with Crippen LogP contribution in [0.5, 0.6) is 0 Å². The lowest BCUT2D eigenvalue weighted by atomic mass is 9.77. The number of carbonyl (C=O) groups is 1. The largest absolute Gasteiger partial charge is 0.500 e. The molecule has 4 heteroatoms. The fourth-order valence-corrected chi connectivity index (χ4v) is 2.12. The van der Waals surface area contributed by atoms with Crippen LogP contribution >= 0.6 is 11.6 Å². The summed E-state index contributed by atoms with van der Waals surface area (Å²) >= 11 is 5.85. The van der Waals surface area contributed by atoms with Gasteiger partial charge in [-0.25, -0.2) is 0 Å². The van der Waals surface area contributed by atoms with Crippen LogP contribution < -0.4 is 0 Å². The van der Waals surface area contributed by atoms with Crippen LogP contribution in [0.3, 0.4) is 0 Å². The van der Waals surface area contributed by atoms with Crippen molar-refractivity contribution in [3.63, 3.8) is 0 Å². The Labute approximate surface area is 105 Å². The Morgan fingerprint density at radius 1 is 1.41 bits per heavy atom. The maximum atomic E-state index is 12.0. The minimum absolute atomic E-state index is 0.288. The fourth-order valence-electron chi connectivity index (χ4n) is 1.99. The summed E-state index contributed by atoms with van der Waals surface area (Å²) < 4.78 is 10.2. The van der Waals surface area contributed by atoms with Gasteiger partial charge in [0.1, 0.15) is 12.0 Å². The molecule has 0 radical (unpaired) electrons. The average Bonchev–Trinajstić information content (AvgIpc) is 2.39. The van der Waals surface area contributed by atoms with E-state index < -0.39 is 5.41 Å². The second-order valence-electron chi connectivity index (χ2n) is 3.97. The lowest BCUT2D eigenvalue weighted by Crippen LogP contribution is -2.42. The standard InChI is InChI=1S/C13H13ClO3/c1-16-12(15)13(7-2-8-17-9-13)10-3-5-11(14)6-4-10/h2-6,8H,7,9H2,1H3. The molecule has 0 bridgehead atoms. The maximum Gasteiger partial charge on any atom is 0.320 e. The second-order valence-corrected chi connectivity index (χ2v) is 4.40. The van der Waals surface area contributed by atoms with Crippen molar-refractivity contribution in [2.24, 2.45) is 0 Å². The summed E-state index contributed by atoms with van der Waals surface area (Å²) in [5.41, 5.74) is 0.103. The van der Waals surface area contributed by atoms with Gasteiger partial charge in [0.2, 0.25) is 0 Å². The van der Waals surface area contributed by atoms with Crippen molar-refractivity contribution in [3.8, 4) is 0 Å². The van der Waals surface area contributed by atoms with E-state index in [-0.39, 0.29) is 12.6 Å². The first-order valence-corrected chi connectivity index (χ1v) is 5.68. The number of halogens is 1. The highest BCUT2D eigenvalue weighted by molar-refractivity contribution is 6.30. The van der Waals surface area contributed by atoms with E-state index in [2.05, 4.69) is 0 Å². The van der Waals surface area contributed by atoms with Gasteiger partial charge in [0.05, 0.1) is 13.4 Å². The zero-order chi connectivity index (χ0) is 12.3. The Balaban J connectivity index is 2.43. The molecular formula is C13H13ClO3. The molecule has 0 aliphatic carbocycles. The van der Waals surface area contributed by atoms with Gasteiger partial charge in [0.25, 0.3) is 0 Å². The Morgan fingerprint density at radius 2 is 2.12 bits per heavy atom. The number of esters is 1. The van der Waals surface area contributed by atoms with Crippen molar-refractivity contribution in [1.82, 2.24) is 0 Å². The average molecular weight is 253 g/mol. The molecule has 0 spiro atoms. The third kappa shape index (κ3) is 2.15. The molecule has 1 atom stereocenters. The fraction of sp³-hybridized carbons (Fsp3) is 0.308. The van der Waals surface area contributed by atoms with Crippen LogP contribution in [0.25, 0.3) is 0 Å². The molecule has 1 aliphatic rings. The number of ether oxygens (including phenoxy) is 2. The molecule has 2 rings (SSSR count). The first-order chi connectivity index (χ1) is 8.19. The van der Waals surface area contributed by atoms with Crippen molar-refractivity contribution in [1.29, 1.82) is 0 Å². The lowest BCUT2D eigenvalue weighted by molar-refractivity contribution is -0.149. The summed E-state index contributed by atoms with van der Waals surface area (Å²) in [6.07, 6.45) is 4.01. The van der Waals surface area contributed by atoms with E-state index in [0.717, 1.165) is 5.56 Å². The molecule has 1 aromatic rings. The molecule has 0 fully saturated rings.